The first-order chi connectivity index (χ1) is 6.25. The van der Waals surface area contributed by atoms with Crippen molar-refractivity contribution in [2.75, 3.05) is 0 Å². The molecule has 0 aromatic carbocycles. The van der Waals surface area contributed by atoms with E-state index >= 15 is 0 Å². The second kappa shape index (κ2) is 11.4. The van der Waals surface area contributed by atoms with E-state index in [1.165, 1.54) is 27.7 Å². The van der Waals surface area contributed by atoms with E-state index in [4.69, 9.17) is 0 Å². The Morgan fingerprint density at radius 3 is 1.00 bits per heavy atom. The molecule has 0 aliphatic rings. The van der Waals surface area contributed by atoms with Crippen LogP contribution in [0.15, 0.2) is 23.7 Å². The zero-order valence-electron chi connectivity index (χ0n) is 9.49. The molecule has 0 saturated carbocycles. The van der Waals surface area contributed by atoms with Gasteiger partial charge in [-0.25, -0.2) is 0 Å². The number of hydrogen-bond acceptors (Lipinski definition) is 4. The average molecular weight is 311 g/mol. The third kappa shape index (κ3) is 31.8. The van der Waals surface area contributed by atoms with Gasteiger partial charge in [-0.2, -0.15) is 0 Å². The SMILES string of the molecule is CC(=O)/C=C(/C)[O-].CC(=O)/C=C(/C)[O-].[Cd+2]. The molecule has 5 heteroatoms. The summed E-state index contributed by atoms with van der Waals surface area (Å²) in [7, 11) is 0. The van der Waals surface area contributed by atoms with Crippen molar-refractivity contribution in [2.45, 2.75) is 27.7 Å². The van der Waals surface area contributed by atoms with Crippen LogP contribution in [0.1, 0.15) is 27.7 Å². The predicted octanol–water partition coefficient (Wildman–Crippen LogP) is -0.324. The van der Waals surface area contributed by atoms with Gasteiger partial charge >= 0.3 is 27.3 Å². The van der Waals surface area contributed by atoms with E-state index in [1.54, 1.807) is 0 Å². The van der Waals surface area contributed by atoms with Crippen LogP contribution >= 0.6 is 0 Å². The van der Waals surface area contributed by atoms with Crippen molar-refractivity contribution in [2.24, 2.45) is 0 Å². The maximum atomic E-state index is 9.98. The molecule has 0 spiro atoms. The molecule has 0 unspecified atom stereocenters. The first-order valence-electron chi connectivity index (χ1n) is 3.97. The number of carbonyl (C=O) groups excluding carboxylic acids is 2. The molecule has 0 aliphatic carbocycles. The molecule has 0 heterocycles. The van der Waals surface area contributed by atoms with Crippen molar-refractivity contribution < 1.29 is 47.1 Å². The Labute approximate surface area is 110 Å². The fourth-order valence-electron chi connectivity index (χ4n) is 0.572. The van der Waals surface area contributed by atoms with E-state index < -0.39 is 0 Å². The van der Waals surface area contributed by atoms with Crippen molar-refractivity contribution in [3.8, 4) is 0 Å². The second-order valence-corrected chi connectivity index (χ2v) is 2.73. The third-order valence-electron chi connectivity index (χ3n) is 0.813. The van der Waals surface area contributed by atoms with Crippen LogP contribution in [-0.4, -0.2) is 11.6 Å². The minimum Gasteiger partial charge on any atom is -0.876 e. The van der Waals surface area contributed by atoms with E-state index in [0.717, 1.165) is 12.2 Å². The Kier molecular flexibility index (Phi) is 15.1. The Morgan fingerprint density at radius 1 is 0.800 bits per heavy atom. The largest absolute Gasteiger partial charge is 2.00 e. The zero-order chi connectivity index (χ0) is 11.7. The van der Waals surface area contributed by atoms with E-state index in [0.29, 0.717) is 0 Å². The summed E-state index contributed by atoms with van der Waals surface area (Å²) in [5, 5.41) is 20.0. The molecule has 0 fully saturated rings. The van der Waals surface area contributed by atoms with Crippen LogP contribution < -0.4 is 10.2 Å². The van der Waals surface area contributed by atoms with Crippen LogP contribution in [0.5, 0.6) is 0 Å². The Bertz CT molecular complexity index is 231. The van der Waals surface area contributed by atoms with Crippen LogP contribution in [0.2, 0.25) is 0 Å². The number of ketones is 2. The van der Waals surface area contributed by atoms with Gasteiger partial charge in [0.1, 0.15) is 0 Å². The van der Waals surface area contributed by atoms with Crippen molar-refractivity contribution in [1.29, 1.82) is 0 Å². The number of hydrogen-bond donors (Lipinski definition) is 0. The summed E-state index contributed by atoms with van der Waals surface area (Å²) in [4.78, 5) is 20.0. The molecule has 80 valence electrons. The van der Waals surface area contributed by atoms with Gasteiger partial charge in [0.15, 0.2) is 11.6 Å². The molecule has 0 aromatic heterocycles. The van der Waals surface area contributed by atoms with Gasteiger partial charge in [-0.05, 0) is 26.0 Å². The molecular formula is C10H14CdO4. The molecule has 0 radical (unpaired) electrons. The molecule has 0 N–H and O–H groups in total. The molecule has 0 aromatic rings. The standard InChI is InChI=1S/2C5H8O2.Cd/c2*1-4(6)3-5(2)7;/h2*3,6H,1-2H3;/q;;+2/p-2/b2*4-3-;. The molecule has 0 aliphatic heterocycles. The van der Waals surface area contributed by atoms with Crippen LogP contribution in [0.25, 0.3) is 0 Å². The third-order valence-corrected chi connectivity index (χ3v) is 0.813. The minimum absolute atomic E-state index is 0. The Balaban J connectivity index is -0.000000180. The van der Waals surface area contributed by atoms with E-state index in [-0.39, 0.29) is 50.4 Å². The average Bonchev–Trinajstić information content (AvgIpc) is 1.79. The normalized spacial score (nSPS) is 10.7. The van der Waals surface area contributed by atoms with Gasteiger partial charge in [-0.1, -0.05) is 13.8 Å². The van der Waals surface area contributed by atoms with Crippen molar-refractivity contribution in [3.63, 3.8) is 0 Å². The van der Waals surface area contributed by atoms with Crippen molar-refractivity contribution in [3.05, 3.63) is 23.7 Å². The fraction of sp³-hybridized carbons (Fsp3) is 0.400. The minimum atomic E-state index is -0.187. The number of allylic oxidation sites excluding steroid dienone is 4. The van der Waals surface area contributed by atoms with Crippen molar-refractivity contribution >= 4 is 11.6 Å². The van der Waals surface area contributed by atoms with Gasteiger partial charge < -0.3 is 10.2 Å². The fourth-order valence-corrected chi connectivity index (χ4v) is 0.572. The summed E-state index contributed by atoms with van der Waals surface area (Å²) in [6.07, 6.45) is 2.11. The van der Waals surface area contributed by atoms with Crippen LogP contribution in [0.3, 0.4) is 0 Å². The van der Waals surface area contributed by atoms with Gasteiger partial charge in [0.25, 0.3) is 0 Å². The Hall–Kier alpha value is -0.658. The van der Waals surface area contributed by atoms with Gasteiger partial charge in [-0.15, -0.1) is 11.5 Å². The van der Waals surface area contributed by atoms with E-state index in [1.807, 2.05) is 0 Å². The predicted molar refractivity (Wildman–Crippen MR) is 48.9 cm³/mol. The first-order valence-corrected chi connectivity index (χ1v) is 3.97. The van der Waals surface area contributed by atoms with Crippen LogP contribution in [-0.2, 0) is 36.9 Å². The van der Waals surface area contributed by atoms with E-state index in [9.17, 15) is 19.8 Å². The molecule has 0 saturated heterocycles. The van der Waals surface area contributed by atoms with Gasteiger partial charge in [-0.3, -0.25) is 9.59 Å². The van der Waals surface area contributed by atoms with Crippen LogP contribution in [0, 0.1) is 0 Å². The second-order valence-electron chi connectivity index (χ2n) is 2.73. The maximum Gasteiger partial charge on any atom is 2.00 e. The van der Waals surface area contributed by atoms with Crippen LogP contribution in [0.4, 0.5) is 0 Å². The van der Waals surface area contributed by atoms with Gasteiger partial charge in [0, 0.05) is 0 Å². The number of carbonyl (C=O) groups is 2. The summed E-state index contributed by atoms with van der Waals surface area (Å²) >= 11 is 0. The summed E-state index contributed by atoms with van der Waals surface area (Å²) in [5.41, 5.74) is 0. The van der Waals surface area contributed by atoms with E-state index in [2.05, 4.69) is 0 Å². The molecule has 15 heavy (non-hydrogen) atoms. The monoisotopic (exact) mass is 312 g/mol. The first kappa shape index (κ1) is 19.8. The molecule has 0 rings (SSSR count). The number of rotatable bonds is 2. The van der Waals surface area contributed by atoms with Gasteiger partial charge in [0.05, 0.1) is 0 Å². The maximum absolute atomic E-state index is 9.98. The molecule has 0 atom stereocenters. The summed E-state index contributed by atoms with van der Waals surface area (Å²) in [5.74, 6) is -0.750. The quantitative estimate of drug-likeness (QED) is 0.398. The molecular weight excluding hydrogens is 297 g/mol. The summed E-state index contributed by atoms with van der Waals surface area (Å²) < 4.78 is 0. The summed E-state index contributed by atoms with van der Waals surface area (Å²) in [6.45, 7) is 5.39. The molecule has 0 bridgehead atoms. The molecule has 0 amide bonds. The smallest absolute Gasteiger partial charge is 0.876 e. The Morgan fingerprint density at radius 2 is 1.00 bits per heavy atom. The topological polar surface area (TPSA) is 80.3 Å². The van der Waals surface area contributed by atoms with Gasteiger partial charge in [0.2, 0.25) is 0 Å². The summed E-state index contributed by atoms with van der Waals surface area (Å²) in [6, 6.07) is 0. The van der Waals surface area contributed by atoms with Crippen molar-refractivity contribution in [1.82, 2.24) is 0 Å². The molecule has 4 nitrogen and oxygen atoms in total. The zero-order valence-corrected chi connectivity index (χ0v) is 13.5.